The van der Waals surface area contributed by atoms with Gasteiger partial charge in [0.25, 0.3) is 5.91 Å². The predicted molar refractivity (Wildman–Crippen MR) is 90.6 cm³/mol. The fourth-order valence-electron chi connectivity index (χ4n) is 2.43. The molecule has 6 nitrogen and oxygen atoms in total. The molecule has 0 aliphatic rings. The number of carbonyl (C=O) groups is 1. The lowest BCUT2D eigenvalue weighted by molar-refractivity contribution is 0.0950. The topological polar surface area (TPSA) is 69.0 Å². The van der Waals surface area contributed by atoms with E-state index in [1.807, 2.05) is 25.4 Å². The molecule has 122 valence electrons. The summed E-state index contributed by atoms with van der Waals surface area (Å²) in [5, 5.41) is 7.09. The van der Waals surface area contributed by atoms with Gasteiger partial charge in [0.2, 0.25) is 0 Å². The van der Waals surface area contributed by atoms with Gasteiger partial charge in [-0.05, 0) is 29.8 Å². The van der Waals surface area contributed by atoms with Gasteiger partial charge in [0.05, 0.1) is 19.0 Å². The van der Waals surface area contributed by atoms with Gasteiger partial charge in [0, 0.05) is 37.1 Å². The van der Waals surface area contributed by atoms with Gasteiger partial charge >= 0.3 is 0 Å². The van der Waals surface area contributed by atoms with Gasteiger partial charge in [-0.25, -0.2) is 0 Å². The minimum Gasteiger partial charge on any atom is -0.497 e. The lowest BCUT2D eigenvalue weighted by Gasteiger charge is -2.09. The number of aryl methyl sites for hydroxylation is 1. The van der Waals surface area contributed by atoms with Crippen LogP contribution in [0.25, 0.3) is 11.3 Å². The molecule has 2 aromatic heterocycles. The van der Waals surface area contributed by atoms with Crippen LogP contribution in [0.2, 0.25) is 0 Å². The number of hydrogen-bond acceptors (Lipinski definition) is 4. The molecule has 0 fully saturated rings. The molecule has 0 spiro atoms. The maximum absolute atomic E-state index is 12.3. The van der Waals surface area contributed by atoms with E-state index in [0.717, 1.165) is 16.8 Å². The summed E-state index contributed by atoms with van der Waals surface area (Å²) >= 11 is 0. The predicted octanol–water partition coefficient (Wildman–Crippen LogP) is 2.42. The number of benzene rings is 1. The summed E-state index contributed by atoms with van der Waals surface area (Å²) in [7, 11) is 3.43. The Morgan fingerprint density at radius 1 is 1.29 bits per heavy atom. The molecule has 0 aliphatic heterocycles. The molecule has 1 amide bonds. The lowest BCUT2D eigenvalue weighted by atomic mass is 10.1. The van der Waals surface area contributed by atoms with Crippen LogP contribution in [0, 0.1) is 0 Å². The van der Waals surface area contributed by atoms with Crippen molar-refractivity contribution in [1.29, 1.82) is 0 Å². The maximum Gasteiger partial charge on any atom is 0.251 e. The van der Waals surface area contributed by atoms with Crippen LogP contribution in [-0.2, 0) is 13.6 Å². The first kappa shape index (κ1) is 15.7. The summed E-state index contributed by atoms with van der Waals surface area (Å²) in [6.45, 7) is 0.383. The number of rotatable bonds is 5. The molecule has 0 bridgehead atoms. The molecule has 0 radical (unpaired) electrons. The smallest absolute Gasteiger partial charge is 0.251 e. The standard InChI is InChI=1S/C18H18N4O2/c1-22-12-15(11-21-22)17-14(6-4-8-19-17)10-20-18(23)13-5-3-7-16(9-13)24-2/h3-9,11-12H,10H2,1-2H3,(H,20,23). The number of carbonyl (C=O) groups excluding carboxylic acids is 1. The van der Waals surface area contributed by atoms with Crippen molar-refractivity contribution in [1.82, 2.24) is 20.1 Å². The second-order valence-corrected chi connectivity index (χ2v) is 5.33. The maximum atomic E-state index is 12.3. The zero-order valence-corrected chi connectivity index (χ0v) is 13.6. The summed E-state index contributed by atoms with van der Waals surface area (Å²) in [6.07, 6.45) is 5.39. The number of nitrogens with one attached hydrogen (secondary N) is 1. The highest BCUT2D eigenvalue weighted by atomic mass is 16.5. The molecule has 2 heterocycles. The molecule has 1 N–H and O–H groups in total. The van der Waals surface area contributed by atoms with Gasteiger partial charge < -0.3 is 10.1 Å². The van der Waals surface area contributed by atoms with Gasteiger partial charge in [-0.3, -0.25) is 14.5 Å². The van der Waals surface area contributed by atoms with E-state index in [2.05, 4.69) is 15.4 Å². The van der Waals surface area contributed by atoms with Crippen LogP contribution in [0.4, 0.5) is 0 Å². The van der Waals surface area contributed by atoms with E-state index in [-0.39, 0.29) is 5.91 Å². The van der Waals surface area contributed by atoms with Crippen molar-refractivity contribution in [2.75, 3.05) is 7.11 Å². The summed E-state index contributed by atoms with van der Waals surface area (Å²) in [4.78, 5) is 16.8. The quantitative estimate of drug-likeness (QED) is 0.783. The molecule has 3 aromatic rings. The number of pyridine rings is 1. The Bertz CT molecular complexity index is 857. The van der Waals surface area contributed by atoms with Gasteiger partial charge in [-0.1, -0.05) is 12.1 Å². The SMILES string of the molecule is COc1cccc(C(=O)NCc2cccnc2-c2cnn(C)c2)c1. The van der Waals surface area contributed by atoms with Crippen LogP contribution in [-0.4, -0.2) is 27.8 Å². The van der Waals surface area contributed by atoms with Gasteiger partial charge in [0.1, 0.15) is 5.75 Å². The van der Waals surface area contributed by atoms with Crippen molar-refractivity contribution >= 4 is 5.91 Å². The zero-order chi connectivity index (χ0) is 16.9. The highest BCUT2D eigenvalue weighted by Gasteiger charge is 2.11. The minimum absolute atomic E-state index is 0.158. The number of nitrogens with zero attached hydrogens (tertiary/aromatic N) is 3. The van der Waals surface area contributed by atoms with Crippen molar-refractivity contribution in [2.24, 2.45) is 7.05 Å². The Balaban J connectivity index is 1.76. The Hall–Kier alpha value is -3.15. The van der Waals surface area contributed by atoms with Gasteiger partial charge in [0.15, 0.2) is 0 Å². The molecule has 0 atom stereocenters. The first-order valence-corrected chi connectivity index (χ1v) is 7.52. The first-order valence-electron chi connectivity index (χ1n) is 7.52. The number of ether oxygens (including phenoxy) is 1. The molecule has 6 heteroatoms. The van der Waals surface area contributed by atoms with E-state index in [4.69, 9.17) is 4.74 Å². The first-order chi connectivity index (χ1) is 11.7. The Labute approximate surface area is 140 Å². The zero-order valence-electron chi connectivity index (χ0n) is 13.6. The van der Waals surface area contributed by atoms with Crippen molar-refractivity contribution < 1.29 is 9.53 Å². The molecule has 0 saturated carbocycles. The number of amides is 1. The monoisotopic (exact) mass is 322 g/mol. The highest BCUT2D eigenvalue weighted by molar-refractivity contribution is 5.94. The van der Waals surface area contributed by atoms with E-state index in [1.165, 1.54) is 0 Å². The largest absolute Gasteiger partial charge is 0.497 e. The molecule has 1 aromatic carbocycles. The molecular formula is C18H18N4O2. The third-order valence-electron chi connectivity index (χ3n) is 3.64. The third kappa shape index (κ3) is 3.43. The Morgan fingerprint density at radius 2 is 2.17 bits per heavy atom. The van der Waals surface area contributed by atoms with Crippen LogP contribution >= 0.6 is 0 Å². The van der Waals surface area contributed by atoms with Crippen molar-refractivity contribution in [3.63, 3.8) is 0 Å². The van der Waals surface area contributed by atoms with E-state index in [1.54, 1.807) is 48.5 Å². The van der Waals surface area contributed by atoms with E-state index in [9.17, 15) is 4.79 Å². The van der Waals surface area contributed by atoms with Crippen molar-refractivity contribution in [3.05, 3.63) is 66.1 Å². The van der Waals surface area contributed by atoms with Crippen LogP contribution in [0.15, 0.2) is 55.0 Å². The molecule has 3 rings (SSSR count). The number of methoxy groups -OCH3 is 1. The highest BCUT2D eigenvalue weighted by Crippen LogP contribution is 2.20. The van der Waals surface area contributed by atoms with E-state index >= 15 is 0 Å². The van der Waals surface area contributed by atoms with Crippen LogP contribution in [0.3, 0.4) is 0 Å². The van der Waals surface area contributed by atoms with Crippen molar-refractivity contribution in [2.45, 2.75) is 6.54 Å². The second kappa shape index (κ2) is 6.95. The Morgan fingerprint density at radius 3 is 2.92 bits per heavy atom. The minimum atomic E-state index is -0.158. The summed E-state index contributed by atoms with van der Waals surface area (Å²) in [5.74, 6) is 0.495. The number of aromatic nitrogens is 3. The average molecular weight is 322 g/mol. The van der Waals surface area contributed by atoms with E-state index in [0.29, 0.717) is 17.9 Å². The van der Waals surface area contributed by atoms with Crippen LogP contribution in [0.1, 0.15) is 15.9 Å². The molecular weight excluding hydrogens is 304 g/mol. The molecule has 24 heavy (non-hydrogen) atoms. The summed E-state index contributed by atoms with van der Waals surface area (Å²) in [5.41, 5.74) is 3.23. The van der Waals surface area contributed by atoms with E-state index < -0.39 is 0 Å². The van der Waals surface area contributed by atoms with Crippen molar-refractivity contribution in [3.8, 4) is 17.0 Å². The lowest BCUT2D eigenvalue weighted by Crippen LogP contribution is -2.23. The summed E-state index contributed by atoms with van der Waals surface area (Å²) < 4.78 is 6.87. The fraction of sp³-hybridized carbons (Fsp3) is 0.167. The molecule has 0 saturated heterocycles. The second-order valence-electron chi connectivity index (χ2n) is 5.33. The Kier molecular flexibility index (Phi) is 4.56. The molecule has 0 aliphatic carbocycles. The molecule has 0 unspecified atom stereocenters. The number of hydrogen-bond donors (Lipinski definition) is 1. The average Bonchev–Trinajstić information content (AvgIpc) is 3.06. The van der Waals surface area contributed by atoms with Gasteiger partial charge in [-0.2, -0.15) is 5.10 Å². The van der Waals surface area contributed by atoms with Crippen LogP contribution in [0.5, 0.6) is 5.75 Å². The van der Waals surface area contributed by atoms with Gasteiger partial charge in [-0.15, -0.1) is 0 Å². The van der Waals surface area contributed by atoms with Crippen LogP contribution < -0.4 is 10.1 Å². The fourth-order valence-corrected chi connectivity index (χ4v) is 2.43. The summed E-state index contributed by atoms with van der Waals surface area (Å²) in [6, 6.07) is 10.9. The third-order valence-corrected chi connectivity index (χ3v) is 3.64. The normalized spacial score (nSPS) is 10.4.